The van der Waals surface area contributed by atoms with Crippen LogP contribution in [0.4, 0.5) is 0 Å². The van der Waals surface area contributed by atoms with Gasteiger partial charge in [-0.1, -0.05) is 12.1 Å². The minimum atomic E-state index is -2.90. The van der Waals surface area contributed by atoms with Crippen LogP contribution in [0.15, 0.2) is 24.3 Å². The first-order valence-electron chi connectivity index (χ1n) is 6.10. The number of benzene rings is 1. The van der Waals surface area contributed by atoms with E-state index in [2.05, 4.69) is 0 Å². The van der Waals surface area contributed by atoms with E-state index < -0.39 is 9.84 Å². The van der Waals surface area contributed by atoms with Crippen molar-refractivity contribution in [3.63, 3.8) is 0 Å². The molecule has 19 heavy (non-hydrogen) atoms. The zero-order valence-corrected chi connectivity index (χ0v) is 11.6. The Bertz CT molecular complexity index is 554. The second-order valence-corrected chi connectivity index (χ2v) is 6.89. The molecule has 0 radical (unpaired) electrons. The van der Waals surface area contributed by atoms with Gasteiger partial charge in [-0.05, 0) is 12.1 Å². The van der Waals surface area contributed by atoms with Crippen molar-refractivity contribution in [2.45, 2.75) is 0 Å². The largest absolute Gasteiger partial charge is 0.497 e. The van der Waals surface area contributed by atoms with Crippen LogP contribution in [0.5, 0.6) is 5.75 Å². The topological polar surface area (TPSA) is 63.7 Å². The van der Waals surface area contributed by atoms with Crippen LogP contribution in [0.2, 0.25) is 0 Å². The van der Waals surface area contributed by atoms with Gasteiger partial charge in [0.25, 0.3) is 0 Å². The number of ether oxygens (including phenoxy) is 1. The molecule has 0 unspecified atom stereocenters. The van der Waals surface area contributed by atoms with Gasteiger partial charge in [0.05, 0.1) is 25.2 Å². The molecule has 2 rings (SSSR count). The van der Waals surface area contributed by atoms with Crippen molar-refractivity contribution in [1.29, 1.82) is 0 Å². The molecule has 0 atom stereocenters. The van der Waals surface area contributed by atoms with Crippen LogP contribution in [0.1, 0.15) is 10.4 Å². The number of methoxy groups -OCH3 is 1. The molecule has 1 saturated heterocycles. The monoisotopic (exact) mass is 283 g/mol. The van der Waals surface area contributed by atoms with E-state index in [-0.39, 0.29) is 23.8 Å². The maximum absolute atomic E-state index is 12.1. The minimum absolute atomic E-state index is 0.0156. The third-order valence-corrected chi connectivity index (χ3v) is 4.81. The molecular weight excluding hydrogens is 266 g/mol. The Morgan fingerprint density at radius 1 is 1.32 bits per heavy atom. The number of sulfone groups is 1. The van der Waals surface area contributed by atoms with Gasteiger partial charge in [-0.25, -0.2) is 8.42 Å². The van der Waals surface area contributed by atoms with Gasteiger partial charge in [-0.3, -0.25) is 9.69 Å². The van der Waals surface area contributed by atoms with E-state index in [0.717, 1.165) is 0 Å². The lowest BCUT2D eigenvalue weighted by Gasteiger charge is -2.25. The minimum Gasteiger partial charge on any atom is -0.497 e. The first-order chi connectivity index (χ1) is 9.00. The standard InChI is InChI=1S/C13H17NO4S/c1-18-12-4-2-3-11(9-12)13(15)10-14-5-7-19(16,17)8-6-14/h2-4,9H,5-8,10H2,1H3. The summed E-state index contributed by atoms with van der Waals surface area (Å²) < 4.78 is 27.7. The highest BCUT2D eigenvalue weighted by molar-refractivity contribution is 7.91. The number of hydrogen-bond acceptors (Lipinski definition) is 5. The number of carbonyl (C=O) groups is 1. The summed E-state index contributed by atoms with van der Waals surface area (Å²) in [6.07, 6.45) is 0. The molecule has 5 nitrogen and oxygen atoms in total. The lowest BCUT2D eigenvalue weighted by atomic mass is 10.1. The first-order valence-corrected chi connectivity index (χ1v) is 7.92. The fourth-order valence-electron chi connectivity index (χ4n) is 2.00. The summed E-state index contributed by atoms with van der Waals surface area (Å²) in [5, 5.41) is 0. The number of nitrogens with zero attached hydrogens (tertiary/aromatic N) is 1. The zero-order chi connectivity index (χ0) is 13.9. The molecular formula is C13H17NO4S. The molecule has 1 aliphatic rings. The van der Waals surface area contributed by atoms with Crippen molar-refractivity contribution in [2.24, 2.45) is 0 Å². The average molecular weight is 283 g/mol. The summed E-state index contributed by atoms with van der Waals surface area (Å²) in [5.41, 5.74) is 0.591. The molecule has 6 heteroatoms. The molecule has 0 saturated carbocycles. The molecule has 1 fully saturated rings. The predicted octanol–water partition coefficient (Wildman–Crippen LogP) is 0.608. The Hall–Kier alpha value is -1.40. The van der Waals surface area contributed by atoms with Gasteiger partial charge in [0, 0.05) is 18.7 Å². The van der Waals surface area contributed by atoms with Crippen LogP contribution in [0.25, 0.3) is 0 Å². The van der Waals surface area contributed by atoms with Gasteiger partial charge in [0.2, 0.25) is 0 Å². The molecule has 0 N–H and O–H groups in total. The highest BCUT2D eigenvalue weighted by Crippen LogP contribution is 2.14. The fraction of sp³-hybridized carbons (Fsp3) is 0.462. The normalized spacial score (nSPS) is 19.0. The second-order valence-electron chi connectivity index (χ2n) is 4.58. The summed E-state index contributed by atoms with van der Waals surface area (Å²) in [7, 11) is -1.35. The molecule has 1 aromatic carbocycles. The highest BCUT2D eigenvalue weighted by atomic mass is 32.2. The quantitative estimate of drug-likeness (QED) is 0.758. The van der Waals surface area contributed by atoms with Gasteiger partial charge in [0.1, 0.15) is 5.75 Å². The molecule has 1 aliphatic heterocycles. The van der Waals surface area contributed by atoms with Crippen molar-refractivity contribution in [1.82, 2.24) is 4.90 Å². The van der Waals surface area contributed by atoms with Crippen molar-refractivity contribution in [3.05, 3.63) is 29.8 Å². The number of ketones is 1. The Morgan fingerprint density at radius 3 is 2.63 bits per heavy atom. The van der Waals surface area contributed by atoms with Crippen LogP contribution in [-0.2, 0) is 9.84 Å². The van der Waals surface area contributed by atoms with E-state index in [9.17, 15) is 13.2 Å². The lowest BCUT2D eigenvalue weighted by Crippen LogP contribution is -2.42. The second kappa shape index (κ2) is 5.71. The molecule has 1 aromatic rings. The Balaban J connectivity index is 1.98. The summed E-state index contributed by atoms with van der Waals surface area (Å²) in [6.45, 7) is 1.11. The maximum Gasteiger partial charge on any atom is 0.176 e. The molecule has 0 aliphatic carbocycles. The lowest BCUT2D eigenvalue weighted by molar-refractivity contribution is 0.0935. The van der Waals surface area contributed by atoms with E-state index in [1.807, 2.05) is 4.90 Å². The molecule has 0 bridgehead atoms. The molecule has 0 aromatic heterocycles. The zero-order valence-electron chi connectivity index (χ0n) is 10.8. The van der Waals surface area contributed by atoms with Crippen molar-refractivity contribution in [3.8, 4) is 5.75 Å². The van der Waals surface area contributed by atoms with Gasteiger partial charge in [0.15, 0.2) is 15.6 Å². The van der Waals surface area contributed by atoms with Crippen LogP contribution in [0.3, 0.4) is 0 Å². The smallest absolute Gasteiger partial charge is 0.176 e. The van der Waals surface area contributed by atoms with E-state index >= 15 is 0 Å². The third kappa shape index (κ3) is 3.78. The van der Waals surface area contributed by atoms with E-state index in [4.69, 9.17) is 4.74 Å². The van der Waals surface area contributed by atoms with Crippen molar-refractivity contribution in [2.75, 3.05) is 38.2 Å². The summed E-state index contributed by atoms with van der Waals surface area (Å²) in [4.78, 5) is 14.0. The summed E-state index contributed by atoms with van der Waals surface area (Å²) in [6, 6.07) is 6.99. The summed E-state index contributed by atoms with van der Waals surface area (Å²) >= 11 is 0. The molecule has 104 valence electrons. The van der Waals surface area contributed by atoms with Crippen LogP contribution in [0, 0.1) is 0 Å². The highest BCUT2D eigenvalue weighted by Gasteiger charge is 2.23. The van der Waals surface area contributed by atoms with Gasteiger partial charge < -0.3 is 4.74 Å². The van der Waals surface area contributed by atoms with Crippen molar-refractivity contribution >= 4 is 15.6 Å². The Labute approximate surface area is 113 Å². The maximum atomic E-state index is 12.1. The average Bonchev–Trinajstić information content (AvgIpc) is 2.41. The van der Waals surface area contributed by atoms with Gasteiger partial charge in [-0.15, -0.1) is 0 Å². The number of rotatable bonds is 4. The third-order valence-electron chi connectivity index (χ3n) is 3.20. The number of hydrogen-bond donors (Lipinski definition) is 0. The summed E-state index contributed by atoms with van der Waals surface area (Å²) in [5.74, 6) is 0.904. The van der Waals surface area contributed by atoms with Crippen LogP contribution < -0.4 is 4.74 Å². The number of carbonyl (C=O) groups excluding carboxylic acids is 1. The predicted molar refractivity (Wildman–Crippen MR) is 72.4 cm³/mol. The molecule has 1 heterocycles. The fourth-order valence-corrected chi connectivity index (χ4v) is 3.28. The van der Waals surface area contributed by atoms with E-state index in [0.29, 0.717) is 24.4 Å². The first kappa shape index (κ1) is 14.0. The molecule has 0 spiro atoms. The SMILES string of the molecule is COc1cccc(C(=O)CN2CCS(=O)(=O)CC2)c1. The van der Waals surface area contributed by atoms with Crippen LogP contribution in [-0.4, -0.2) is 57.4 Å². The van der Waals surface area contributed by atoms with Gasteiger partial charge >= 0.3 is 0 Å². The molecule has 0 amide bonds. The van der Waals surface area contributed by atoms with E-state index in [1.54, 1.807) is 31.4 Å². The number of Topliss-reactive ketones (excluding diaryl/α,β-unsaturated/α-hetero) is 1. The van der Waals surface area contributed by atoms with E-state index in [1.165, 1.54) is 0 Å². The Kier molecular flexibility index (Phi) is 4.21. The van der Waals surface area contributed by atoms with Crippen molar-refractivity contribution < 1.29 is 17.9 Å². The van der Waals surface area contributed by atoms with Crippen LogP contribution >= 0.6 is 0 Å². The van der Waals surface area contributed by atoms with Gasteiger partial charge in [-0.2, -0.15) is 0 Å². The Morgan fingerprint density at radius 2 is 2.00 bits per heavy atom.